The number of carbonyl (C=O) groups is 1. The van der Waals surface area contributed by atoms with Gasteiger partial charge in [-0.15, -0.1) is 0 Å². The van der Waals surface area contributed by atoms with Gasteiger partial charge in [-0.05, 0) is 19.4 Å². The highest BCUT2D eigenvalue weighted by Crippen LogP contribution is 2.29. The molecule has 0 bridgehead atoms. The lowest BCUT2D eigenvalue weighted by Gasteiger charge is -2.23. The van der Waals surface area contributed by atoms with E-state index in [0.717, 1.165) is 0 Å². The molecule has 3 nitrogen and oxygen atoms in total. The molecule has 0 aliphatic heterocycles. The van der Waals surface area contributed by atoms with E-state index in [1.54, 1.807) is 35.2 Å². The highest BCUT2D eigenvalue weighted by molar-refractivity contribution is 5.78. The van der Waals surface area contributed by atoms with Crippen molar-refractivity contribution < 1.29 is 18.0 Å². The summed E-state index contributed by atoms with van der Waals surface area (Å²) in [5.74, 6) is -0.192. The van der Waals surface area contributed by atoms with E-state index >= 15 is 0 Å². The van der Waals surface area contributed by atoms with Gasteiger partial charge in [0.2, 0.25) is 5.91 Å². The normalized spacial score (nSPS) is 13.0. The first-order chi connectivity index (χ1) is 9.87. The number of halogens is 3. The van der Waals surface area contributed by atoms with Gasteiger partial charge in [0.05, 0.1) is 13.0 Å². The molecule has 1 aromatic rings. The Balaban J connectivity index is 2.73. The fourth-order valence-electron chi connectivity index (χ4n) is 2.12. The zero-order chi connectivity index (χ0) is 15.9. The number of rotatable bonds is 7. The van der Waals surface area contributed by atoms with E-state index in [0.29, 0.717) is 18.7 Å². The fraction of sp³-hybridized carbons (Fsp3) is 0.533. The molecule has 1 rings (SSSR count). The number of likely N-dealkylation sites (N-methyl/N-ethyl adjacent to an activating group) is 1. The van der Waals surface area contributed by atoms with Crippen molar-refractivity contribution in [2.24, 2.45) is 0 Å². The lowest BCUT2D eigenvalue weighted by Crippen LogP contribution is -2.40. The summed E-state index contributed by atoms with van der Waals surface area (Å²) in [6, 6.07) is 7.47. The van der Waals surface area contributed by atoms with Gasteiger partial charge in [0.15, 0.2) is 0 Å². The molecule has 0 radical (unpaired) electrons. The molecule has 6 heteroatoms. The van der Waals surface area contributed by atoms with E-state index in [1.807, 2.05) is 13.8 Å². The van der Waals surface area contributed by atoms with E-state index in [1.165, 1.54) is 0 Å². The van der Waals surface area contributed by atoms with Gasteiger partial charge >= 0.3 is 6.18 Å². The first kappa shape index (κ1) is 17.5. The molecule has 1 unspecified atom stereocenters. The average Bonchev–Trinajstić information content (AvgIpc) is 2.44. The lowest BCUT2D eigenvalue weighted by atomic mass is 10.0. The fourth-order valence-corrected chi connectivity index (χ4v) is 2.12. The third-order valence-corrected chi connectivity index (χ3v) is 3.25. The van der Waals surface area contributed by atoms with Crippen molar-refractivity contribution in [2.75, 3.05) is 19.6 Å². The lowest BCUT2D eigenvalue weighted by molar-refractivity contribution is -0.142. The maximum Gasteiger partial charge on any atom is 0.390 e. The van der Waals surface area contributed by atoms with Crippen LogP contribution in [-0.2, 0) is 4.79 Å². The molecule has 118 valence electrons. The summed E-state index contributed by atoms with van der Waals surface area (Å²) in [4.78, 5) is 13.5. The van der Waals surface area contributed by atoms with Crippen molar-refractivity contribution in [2.45, 2.75) is 32.5 Å². The zero-order valence-corrected chi connectivity index (χ0v) is 12.3. The van der Waals surface area contributed by atoms with Gasteiger partial charge in [0.25, 0.3) is 0 Å². The summed E-state index contributed by atoms with van der Waals surface area (Å²) >= 11 is 0. The molecule has 0 fully saturated rings. The molecular weight excluding hydrogens is 281 g/mol. The summed E-state index contributed by atoms with van der Waals surface area (Å²) in [7, 11) is 0. The predicted molar refractivity (Wildman–Crippen MR) is 75.8 cm³/mol. The van der Waals surface area contributed by atoms with Crippen molar-refractivity contribution in [1.82, 2.24) is 10.2 Å². The number of nitrogens with zero attached hydrogens (tertiary/aromatic N) is 1. The molecule has 1 amide bonds. The summed E-state index contributed by atoms with van der Waals surface area (Å²) in [5.41, 5.74) is 0.530. The van der Waals surface area contributed by atoms with E-state index in [4.69, 9.17) is 0 Å². The van der Waals surface area contributed by atoms with Gasteiger partial charge in [-0.3, -0.25) is 4.79 Å². The molecule has 1 aromatic carbocycles. The van der Waals surface area contributed by atoms with Crippen LogP contribution in [-0.4, -0.2) is 36.6 Å². The minimum Gasteiger partial charge on any atom is -0.342 e. The predicted octanol–water partition coefficient (Wildman–Crippen LogP) is 3.14. The molecular formula is C15H21F3N2O. The molecule has 0 saturated carbocycles. The van der Waals surface area contributed by atoms with Crippen LogP contribution >= 0.6 is 0 Å². The van der Waals surface area contributed by atoms with Crippen LogP contribution in [0.2, 0.25) is 0 Å². The topological polar surface area (TPSA) is 32.3 Å². The van der Waals surface area contributed by atoms with Crippen molar-refractivity contribution >= 4 is 5.91 Å². The molecule has 0 aliphatic carbocycles. The van der Waals surface area contributed by atoms with Gasteiger partial charge in [0.1, 0.15) is 0 Å². The van der Waals surface area contributed by atoms with Gasteiger partial charge in [-0.2, -0.15) is 13.2 Å². The second-order valence-electron chi connectivity index (χ2n) is 4.73. The molecule has 0 heterocycles. The SMILES string of the molecule is CCN(CC)C(=O)CNC(CC(F)(F)F)c1ccccc1. The number of carbonyl (C=O) groups excluding carboxylic acids is 1. The number of alkyl halides is 3. The van der Waals surface area contributed by atoms with Gasteiger partial charge in [-0.1, -0.05) is 30.3 Å². The average molecular weight is 302 g/mol. The third-order valence-electron chi connectivity index (χ3n) is 3.25. The first-order valence-electron chi connectivity index (χ1n) is 7.00. The molecule has 0 saturated heterocycles. The van der Waals surface area contributed by atoms with Crippen LogP contribution in [0.15, 0.2) is 30.3 Å². The minimum atomic E-state index is -4.29. The monoisotopic (exact) mass is 302 g/mol. The Hall–Kier alpha value is -1.56. The van der Waals surface area contributed by atoms with E-state index < -0.39 is 18.6 Å². The largest absolute Gasteiger partial charge is 0.390 e. The molecule has 0 aromatic heterocycles. The van der Waals surface area contributed by atoms with E-state index in [9.17, 15) is 18.0 Å². The smallest absolute Gasteiger partial charge is 0.342 e. The van der Waals surface area contributed by atoms with Crippen LogP contribution in [0.5, 0.6) is 0 Å². The molecule has 1 atom stereocenters. The second kappa shape index (κ2) is 8.02. The number of hydrogen-bond acceptors (Lipinski definition) is 2. The van der Waals surface area contributed by atoms with Crippen LogP contribution < -0.4 is 5.32 Å². The maximum atomic E-state index is 12.7. The van der Waals surface area contributed by atoms with Gasteiger partial charge < -0.3 is 10.2 Å². The van der Waals surface area contributed by atoms with Crippen molar-refractivity contribution in [3.05, 3.63) is 35.9 Å². The van der Waals surface area contributed by atoms with Crippen LogP contribution in [0.3, 0.4) is 0 Å². The molecule has 1 N–H and O–H groups in total. The Kier molecular flexibility index (Phi) is 6.68. The summed E-state index contributed by atoms with van der Waals surface area (Å²) in [6.45, 7) is 4.67. The van der Waals surface area contributed by atoms with E-state index in [2.05, 4.69) is 5.32 Å². The van der Waals surface area contributed by atoms with Crippen LogP contribution in [0, 0.1) is 0 Å². The zero-order valence-electron chi connectivity index (χ0n) is 12.3. The first-order valence-corrected chi connectivity index (χ1v) is 7.00. The Morgan fingerprint density at radius 3 is 2.24 bits per heavy atom. The molecule has 0 aliphatic rings. The number of amides is 1. The van der Waals surface area contributed by atoms with Crippen LogP contribution in [0.1, 0.15) is 31.9 Å². The Bertz CT molecular complexity index is 430. The van der Waals surface area contributed by atoms with Crippen molar-refractivity contribution in [3.8, 4) is 0 Å². The Labute approximate surface area is 123 Å². The Morgan fingerprint density at radius 1 is 1.19 bits per heavy atom. The van der Waals surface area contributed by atoms with E-state index in [-0.39, 0.29) is 12.5 Å². The quantitative estimate of drug-likeness (QED) is 0.839. The summed E-state index contributed by atoms with van der Waals surface area (Å²) in [5, 5.41) is 2.73. The molecule has 0 spiro atoms. The maximum absolute atomic E-state index is 12.7. The van der Waals surface area contributed by atoms with Gasteiger partial charge in [-0.25, -0.2) is 0 Å². The Morgan fingerprint density at radius 2 is 1.76 bits per heavy atom. The third kappa shape index (κ3) is 6.16. The highest BCUT2D eigenvalue weighted by atomic mass is 19.4. The highest BCUT2D eigenvalue weighted by Gasteiger charge is 2.32. The van der Waals surface area contributed by atoms with Crippen molar-refractivity contribution in [1.29, 1.82) is 0 Å². The van der Waals surface area contributed by atoms with Gasteiger partial charge in [0, 0.05) is 19.1 Å². The number of benzene rings is 1. The number of hydrogen-bond donors (Lipinski definition) is 1. The number of nitrogens with one attached hydrogen (secondary N) is 1. The second-order valence-corrected chi connectivity index (χ2v) is 4.73. The van der Waals surface area contributed by atoms with Crippen molar-refractivity contribution in [3.63, 3.8) is 0 Å². The standard InChI is InChI=1S/C15H21F3N2O/c1-3-20(4-2)14(21)11-19-13(10-15(16,17)18)12-8-6-5-7-9-12/h5-9,13,19H,3-4,10-11H2,1-2H3. The summed E-state index contributed by atoms with van der Waals surface area (Å²) < 4.78 is 38.0. The van der Waals surface area contributed by atoms with Crippen LogP contribution in [0.4, 0.5) is 13.2 Å². The van der Waals surface area contributed by atoms with Crippen LogP contribution in [0.25, 0.3) is 0 Å². The summed E-state index contributed by atoms with van der Waals surface area (Å²) in [6.07, 6.45) is -5.28. The molecule has 21 heavy (non-hydrogen) atoms. The minimum absolute atomic E-state index is 0.0999.